The minimum Gasteiger partial charge on any atom is -0.479 e. The van der Waals surface area contributed by atoms with E-state index in [-0.39, 0.29) is 0 Å². The normalized spacial score (nSPS) is 11.8. The van der Waals surface area contributed by atoms with Gasteiger partial charge in [0.1, 0.15) is 0 Å². The van der Waals surface area contributed by atoms with Crippen molar-refractivity contribution in [3.63, 3.8) is 0 Å². The van der Waals surface area contributed by atoms with Crippen LogP contribution in [-0.2, 0) is 11.2 Å². The topological polar surface area (TPSA) is 81.3 Å². The lowest BCUT2D eigenvalue weighted by Gasteiger charge is -2.12. The molecule has 0 heterocycles. The Bertz CT molecular complexity index is 454. The molecule has 90 valence electrons. The van der Waals surface area contributed by atoms with Crippen molar-refractivity contribution >= 4 is 17.7 Å². The zero-order chi connectivity index (χ0) is 12.8. The molecular weight excluding hydrogens is 238 g/mol. The molecule has 17 heavy (non-hydrogen) atoms. The molecule has 0 spiro atoms. The minimum absolute atomic E-state index is 0.303. The van der Waals surface area contributed by atoms with Crippen LogP contribution in [0.15, 0.2) is 23.1 Å². The van der Waals surface area contributed by atoms with Gasteiger partial charge in [-0.15, -0.1) is 11.8 Å². The average molecular weight is 251 g/mol. The maximum atomic E-state index is 10.8. The van der Waals surface area contributed by atoms with E-state index in [1.165, 1.54) is 11.8 Å². The third-order valence-electron chi connectivity index (χ3n) is 2.38. The quantitative estimate of drug-likeness (QED) is 0.782. The largest absolute Gasteiger partial charge is 0.479 e. The van der Waals surface area contributed by atoms with E-state index in [1.807, 2.05) is 18.4 Å². The zero-order valence-electron chi connectivity index (χ0n) is 9.38. The Morgan fingerprint density at radius 2 is 2.29 bits per heavy atom. The fraction of sp³-hybridized carbons (Fsp3) is 0.333. The van der Waals surface area contributed by atoms with E-state index in [1.54, 1.807) is 12.1 Å². The van der Waals surface area contributed by atoms with Crippen LogP contribution in [0.5, 0.6) is 0 Å². The third kappa shape index (κ3) is 3.48. The Morgan fingerprint density at radius 3 is 2.82 bits per heavy atom. The van der Waals surface area contributed by atoms with Gasteiger partial charge in [0.25, 0.3) is 0 Å². The second-order valence-corrected chi connectivity index (χ2v) is 4.34. The maximum Gasteiger partial charge on any atom is 0.337 e. The van der Waals surface area contributed by atoms with Crippen LogP contribution in [0.1, 0.15) is 23.7 Å². The number of nitriles is 1. The molecule has 4 nitrogen and oxygen atoms in total. The van der Waals surface area contributed by atoms with Crippen molar-refractivity contribution in [3.05, 3.63) is 29.3 Å². The Balaban J connectivity index is 3.10. The van der Waals surface area contributed by atoms with Crippen LogP contribution in [0.2, 0.25) is 0 Å². The lowest BCUT2D eigenvalue weighted by molar-refractivity contribution is -0.147. The summed E-state index contributed by atoms with van der Waals surface area (Å²) < 4.78 is 0. The highest BCUT2D eigenvalue weighted by Crippen LogP contribution is 2.25. The number of aryl methyl sites for hydroxylation is 1. The number of hydrogen-bond donors (Lipinski definition) is 2. The van der Waals surface area contributed by atoms with Gasteiger partial charge in [0.2, 0.25) is 0 Å². The SMILES string of the molecule is CSc1ccc(C(O)C(=O)O)c(CCC#N)c1. The molecule has 1 aromatic carbocycles. The lowest BCUT2D eigenvalue weighted by atomic mass is 9.99. The molecule has 0 saturated heterocycles. The van der Waals surface area contributed by atoms with Gasteiger partial charge in [0, 0.05) is 11.3 Å². The Hall–Kier alpha value is -1.51. The summed E-state index contributed by atoms with van der Waals surface area (Å²) in [6, 6.07) is 7.21. The molecule has 0 amide bonds. The van der Waals surface area contributed by atoms with Crippen LogP contribution in [0.3, 0.4) is 0 Å². The average Bonchev–Trinajstić information content (AvgIpc) is 2.34. The first-order valence-electron chi connectivity index (χ1n) is 5.04. The van der Waals surface area contributed by atoms with Gasteiger partial charge in [0.05, 0.1) is 6.07 Å². The molecule has 1 aromatic rings. The Labute approximate surface area is 104 Å². The summed E-state index contributed by atoms with van der Waals surface area (Å²) >= 11 is 1.53. The summed E-state index contributed by atoms with van der Waals surface area (Å²) in [6.07, 6.45) is 1.14. The van der Waals surface area contributed by atoms with Crippen molar-refractivity contribution in [2.75, 3.05) is 6.26 Å². The van der Waals surface area contributed by atoms with Gasteiger partial charge in [-0.2, -0.15) is 5.26 Å². The van der Waals surface area contributed by atoms with Crippen molar-refractivity contribution in [1.82, 2.24) is 0 Å². The number of hydrogen-bond acceptors (Lipinski definition) is 4. The highest BCUT2D eigenvalue weighted by molar-refractivity contribution is 7.98. The van der Waals surface area contributed by atoms with Crippen molar-refractivity contribution in [1.29, 1.82) is 5.26 Å². The van der Waals surface area contributed by atoms with Gasteiger partial charge in [0.15, 0.2) is 6.10 Å². The van der Waals surface area contributed by atoms with E-state index >= 15 is 0 Å². The monoisotopic (exact) mass is 251 g/mol. The van der Waals surface area contributed by atoms with Gasteiger partial charge in [-0.25, -0.2) is 4.79 Å². The first kappa shape index (κ1) is 13.6. The number of aliphatic hydroxyl groups excluding tert-OH is 1. The van der Waals surface area contributed by atoms with Crippen LogP contribution in [-0.4, -0.2) is 22.4 Å². The van der Waals surface area contributed by atoms with Crippen LogP contribution >= 0.6 is 11.8 Å². The molecule has 5 heteroatoms. The van der Waals surface area contributed by atoms with E-state index in [0.29, 0.717) is 24.0 Å². The number of nitrogens with zero attached hydrogens (tertiary/aromatic N) is 1. The standard InChI is InChI=1S/C12H13NO3S/c1-17-9-4-5-10(11(14)12(15)16)8(7-9)3-2-6-13/h4-5,7,11,14H,2-3H2,1H3,(H,15,16). The molecule has 0 aliphatic carbocycles. The molecule has 0 aliphatic heterocycles. The first-order valence-corrected chi connectivity index (χ1v) is 6.27. The second-order valence-electron chi connectivity index (χ2n) is 3.46. The van der Waals surface area contributed by atoms with Crippen molar-refractivity contribution in [2.45, 2.75) is 23.8 Å². The number of thioether (sulfide) groups is 1. The molecule has 1 atom stereocenters. The fourth-order valence-electron chi connectivity index (χ4n) is 1.52. The fourth-order valence-corrected chi connectivity index (χ4v) is 1.98. The van der Waals surface area contributed by atoms with E-state index < -0.39 is 12.1 Å². The van der Waals surface area contributed by atoms with Gasteiger partial charge < -0.3 is 10.2 Å². The minimum atomic E-state index is -1.53. The molecular formula is C12H13NO3S. The summed E-state index contributed by atoms with van der Waals surface area (Å²) in [7, 11) is 0. The summed E-state index contributed by atoms with van der Waals surface area (Å²) in [5.41, 5.74) is 1.08. The van der Waals surface area contributed by atoms with Crippen LogP contribution < -0.4 is 0 Å². The molecule has 2 N–H and O–H groups in total. The summed E-state index contributed by atoms with van der Waals surface area (Å²) in [5, 5.41) is 26.9. The first-order chi connectivity index (χ1) is 8.10. The van der Waals surface area contributed by atoms with Crippen LogP contribution in [0.4, 0.5) is 0 Å². The highest BCUT2D eigenvalue weighted by Gasteiger charge is 2.19. The van der Waals surface area contributed by atoms with Crippen LogP contribution in [0.25, 0.3) is 0 Å². The predicted molar refractivity (Wildman–Crippen MR) is 64.8 cm³/mol. The number of carbonyl (C=O) groups is 1. The van der Waals surface area contributed by atoms with Crippen molar-refractivity contribution in [2.24, 2.45) is 0 Å². The van der Waals surface area contributed by atoms with Gasteiger partial charge in [-0.05, 0) is 35.9 Å². The number of carboxylic acid groups (broad SMARTS) is 1. The number of benzene rings is 1. The van der Waals surface area contributed by atoms with E-state index in [0.717, 1.165) is 4.90 Å². The number of aliphatic hydroxyl groups is 1. The molecule has 0 saturated carbocycles. The summed E-state index contributed by atoms with van der Waals surface area (Å²) in [4.78, 5) is 11.7. The smallest absolute Gasteiger partial charge is 0.337 e. The number of rotatable bonds is 5. The van der Waals surface area contributed by atoms with Gasteiger partial charge >= 0.3 is 5.97 Å². The summed E-state index contributed by atoms with van der Waals surface area (Å²) in [6.45, 7) is 0. The Morgan fingerprint density at radius 1 is 1.59 bits per heavy atom. The van der Waals surface area contributed by atoms with E-state index in [9.17, 15) is 9.90 Å². The van der Waals surface area contributed by atoms with Gasteiger partial charge in [-0.3, -0.25) is 0 Å². The van der Waals surface area contributed by atoms with E-state index in [4.69, 9.17) is 10.4 Å². The number of aliphatic carboxylic acids is 1. The Kier molecular flexibility index (Phi) is 5.01. The van der Waals surface area contributed by atoms with Crippen LogP contribution in [0, 0.1) is 11.3 Å². The lowest BCUT2D eigenvalue weighted by Crippen LogP contribution is -2.12. The molecule has 0 aliphatic rings. The van der Waals surface area contributed by atoms with Crippen molar-refractivity contribution in [3.8, 4) is 6.07 Å². The highest BCUT2D eigenvalue weighted by atomic mass is 32.2. The second kappa shape index (κ2) is 6.28. The number of carboxylic acids is 1. The molecule has 1 unspecified atom stereocenters. The third-order valence-corrected chi connectivity index (χ3v) is 3.11. The molecule has 1 rings (SSSR count). The molecule has 0 fully saturated rings. The van der Waals surface area contributed by atoms with Crippen molar-refractivity contribution < 1.29 is 15.0 Å². The molecule has 0 bridgehead atoms. The molecule has 0 radical (unpaired) electrons. The zero-order valence-corrected chi connectivity index (χ0v) is 10.2. The van der Waals surface area contributed by atoms with Gasteiger partial charge in [-0.1, -0.05) is 6.07 Å². The van der Waals surface area contributed by atoms with E-state index in [2.05, 4.69) is 0 Å². The maximum absolute atomic E-state index is 10.8. The molecule has 0 aromatic heterocycles. The predicted octanol–water partition coefficient (Wildman–Crippen LogP) is 1.98. The summed E-state index contributed by atoms with van der Waals surface area (Å²) in [5.74, 6) is -1.28.